The summed E-state index contributed by atoms with van der Waals surface area (Å²) >= 11 is 0. The molecule has 0 saturated carbocycles. The summed E-state index contributed by atoms with van der Waals surface area (Å²) in [6.07, 6.45) is 5.90. The van der Waals surface area contributed by atoms with Crippen LogP contribution in [0.3, 0.4) is 0 Å². The molecule has 0 fully saturated rings. The van der Waals surface area contributed by atoms with Crippen molar-refractivity contribution < 1.29 is 4.74 Å². The molecule has 2 heterocycles. The molecular formula is C15H19BN2O. The molecule has 0 bridgehead atoms. The third-order valence-corrected chi connectivity index (χ3v) is 3.65. The zero-order valence-electron chi connectivity index (χ0n) is 11.8. The fraction of sp³-hybridized carbons (Fsp3) is 0.400. The molecule has 0 saturated heterocycles. The number of rotatable bonds is 5. The molecule has 0 aliphatic rings. The van der Waals surface area contributed by atoms with Gasteiger partial charge >= 0.3 is 0 Å². The highest BCUT2D eigenvalue weighted by Crippen LogP contribution is 2.22. The number of aryl methyl sites for hydroxylation is 1. The van der Waals surface area contributed by atoms with E-state index in [0.29, 0.717) is 5.82 Å². The van der Waals surface area contributed by atoms with E-state index in [2.05, 4.69) is 36.5 Å². The van der Waals surface area contributed by atoms with E-state index in [1.807, 2.05) is 18.3 Å². The van der Waals surface area contributed by atoms with Gasteiger partial charge in [0.1, 0.15) is 5.75 Å². The first-order chi connectivity index (χ1) is 9.15. The topological polar surface area (TPSA) is 37.4 Å². The first-order valence-corrected chi connectivity index (χ1v) is 6.69. The standard InChI is InChI=1S/C15H19BN2O/c1-12(2)16(11-17)7-4-13-5-8-18-9-6-14(19-3)10-15(13)18/h5-6,8-10,12H,4,7H2,1-3H3. The molecule has 0 aliphatic heterocycles. The van der Waals surface area contributed by atoms with E-state index in [4.69, 9.17) is 10.00 Å². The van der Waals surface area contributed by atoms with Gasteiger partial charge in [0.25, 0.3) is 6.71 Å². The van der Waals surface area contributed by atoms with Crippen molar-refractivity contribution in [1.29, 1.82) is 5.26 Å². The van der Waals surface area contributed by atoms with Crippen molar-refractivity contribution in [3.63, 3.8) is 0 Å². The van der Waals surface area contributed by atoms with Gasteiger partial charge in [0.05, 0.1) is 12.6 Å². The SMILES string of the molecule is COc1ccn2ccc(CCB(C#N)C(C)C)c2c1. The molecule has 0 aromatic carbocycles. The Morgan fingerprint density at radius 1 is 1.37 bits per heavy atom. The Morgan fingerprint density at radius 3 is 2.74 bits per heavy atom. The quantitative estimate of drug-likeness (QED) is 0.766. The van der Waals surface area contributed by atoms with Crippen LogP contribution in [0.5, 0.6) is 5.75 Å². The maximum absolute atomic E-state index is 9.15. The second-order valence-electron chi connectivity index (χ2n) is 5.22. The van der Waals surface area contributed by atoms with E-state index in [1.165, 1.54) is 11.1 Å². The van der Waals surface area contributed by atoms with Crippen molar-refractivity contribution >= 4 is 12.2 Å². The lowest BCUT2D eigenvalue weighted by Gasteiger charge is -2.08. The number of nitrogens with zero attached hydrogens (tertiary/aromatic N) is 2. The van der Waals surface area contributed by atoms with Crippen LogP contribution in [0.25, 0.3) is 5.52 Å². The van der Waals surface area contributed by atoms with Gasteiger partial charge in [-0.1, -0.05) is 26.0 Å². The molecule has 0 unspecified atom stereocenters. The summed E-state index contributed by atoms with van der Waals surface area (Å²) in [6.45, 7) is 4.34. The number of ether oxygens (including phenoxy) is 1. The van der Waals surface area contributed by atoms with Crippen molar-refractivity contribution in [2.75, 3.05) is 7.11 Å². The number of fused-ring (bicyclic) bond motifs is 1. The van der Waals surface area contributed by atoms with Crippen LogP contribution in [0, 0.1) is 11.2 Å². The molecule has 2 aromatic rings. The minimum atomic E-state index is 0.126. The van der Waals surface area contributed by atoms with E-state index in [1.54, 1.807) is 7.11 Å². The van der Waals surface area contributed by atoms with Gasteiger partial charge in [0.15, 0.2) is 0 Å². The second kappa shape index (κ2) is 5.84. The van der Waals surface area contributed by atoms with Crippen LogP contribution in [-0.2, 0) is 6.42 Å². The summed E-state index contributed by atoms with van der Waals surface area (Å²) in [6, 6.07) is 6.12. The molecule has 2 aromatic heterocycles. The average Bonchev–Trinajstić information content (AvgIpc) is 2.81. The van der Waals surface area contributed by atoms with Crippen LogP contribution in [-0.4, -0.2) is 18.2 Å². The molecule has 4 heteroatoms. The molecule has 0 N–H and O–H groups in total. The first-order valence-electron chi connectivity index (χ1n) is 6.69. The highest BCUT2D eigenvalue weighted by atomic mass is 16.5. The van der Waals surface area contributed by atoms with Crippen LogP contribution in [0.1, 0.15) is 19.4 Å². The summed E-state index contributed by atoms with van der Waals surface area (Å²) in [5.41, 5.74) is 2.44. The Kier molecular flexibility index (Phi) is 4.16. The monoisotopic (exact) mass is 254 g/mol. The van der Waals surface area contributed by atoms with E-state index < -0.39 is 0 Å². The fourth-order valence-electron chi connectivity index (χ4n) is 2.33. The molecule has 2 rings (SSSR count). The van der Waals surface area contributed by atoms with Crippen LogP contribution < -0.4 is 4.74 Å². The third-order valence-electron chi connectivity index (χ3n) is 3.65. The smallest absolute Gasteiger partial charge is 0.270 e. The lowest BCUT2D eigenvalue weighted by atomic mass is 9.41. The Hall–Kier alpha value is -1.89. The molecular weight excluding hydrogens is 235 g/mol. The summed E-state index contributed by atoms with van der Waals surface area (Å²) in [5.74, 6) is 3.68. The van der Waals surface area contributed by atoms with Crippen LogP contribution in [0.4, 0.5) is 0 Å². The number of hydrogen-bond acceptors (Lipinski definition) is 2. The molecule has 3 nitrogen and oxygen atoms in total. The molecule has 0 atom stereocenters. The number of aromatic nitrogens is 1. The molecule has 0 aliphatic carbocycles. The average molecular weight is 254 g/mol. The lowest BCUT2D eigenvalue weighted by Crippen LogP contribution is -2.15. The van der Waals surface area contributed by atoms with Crippen LogP contribution in [0.15, 0.2) is 30.6 Å². The molecule has 0 amide bonds. The third kappa shape index (κ3) is 2.93. The number of nitriles is 1. The van der Waals surface area contributed by atoms with E-state index in [9.17, 15) is 0 Å². The summed E-state index contributed by atoms with van der Waals surface area (Å²) < 4.78 is 7.36. The zero-order chi connectivity index (χ0) is 13.8. The Balaban J connectivity index is 2.19. The highest BCUT2D eigenvalue weighted by Gasteiger charge is 2.18. The van der Waals surface area contributed by atoms with Gasteiger partial charge in [-0.05, 0) is 24.1 Å². The zero-order valence-corrected chi connectivity index (χ0v) is 11.8. The fourth-order valence-corrected chi connectivity index (χ4v) is 2.33. The Morgan fingerprint density at radius 2 is 2.11 bits per heavy atom. The van der Waals surface area contributed by atoms with Gasteiger partial charge in [0.2, 0.25) is 0 Å². The molecule has 98 valence electrons. The van der Waals surface area contributed by atoms with E-state index in [-0.39, 0.29) is 6.71 Å². The predicted octanol–water partition coefficient (Wildman–Crippen LogP) is 3.46. The Bertz CT molecular complexity index is 598. The second-order valence-corrected chi connectivity index (χ2v) is 5.22. The number of hydrogen-bond donors (Lipinski definition) is 0. The molecule has 0 spiro atoms. The van der Waals surface area contributed by atoms with Gasteiger partial charge in [0, 0.05) is 24.4 Å². The minimum absolute atomic E-state index is 0.126. The number of pyridine rings is 1. The lowest BCUT2D eigenvalue weighted by molar-refractivity contribution is 0.414. The van der Waals surface area contributed by atoms with Crippen molar-refractivity contribution in [3.05, 3.63) is 36.2 Å². The van der Waals surface area contributed by atoms with Gasteiger partial charge in [-0.2, -0.15) is 0 Å². The minimum Gasteiger partial charge on any atom is -0.497 e. The maximum atomic E-state index is 9.15. The molecule has 0 radical (unpaired) electrons. The maximum Gasteiger partial charge on any atom is 0.270 e. The van der Waals surface area contributed by atoms with Crippen LogP contribution in [0.2, 0.25) is 12.1 Å². The first kappa shape index (κ1) is 13.5. The summed E-state index contributed by atoms with van der Waals surface area (Å²) in [7, 11) is 1.68. The summed E-state index contributed by atoms with van der Waals surface area (Å²) in [4.78, 5) is 0. The molecule has 19 heavy (non-hydrogen) atoms. The van der Waals surface area contributed by atoms with Crippen molar-refractivity contribution in [3.8, 4) is 11.7 Å². The van der Waals surface area contributed by atoms with Crippen molar-refractivity contribution in [2.24, 2.45) is 0 Å². The van der Waals surface area contributed by atoms with Gasteiger partial charge in [-0.25, -0.2) is 5.26 Å². The van der Waals surface area contributed by atoms with Gasteiger partial charge in [-0.15, -0.1) is 0 Å². The number of methoxy groups -OCH3 is 1. The predicted molar refractivity (Wildman–Crippen MR) is 78.9 cm³/mol. The van der Waals surface area contributed by atoms with Gasteiger partial charge < -0.3 is 9.14 Å². The van der Waals surface area contributed by atoms with E-state index in [0.717, 1.165) is 18.5 Å². The van der Waals surface area contributed by atoms with Crippen molar-refractivity contribution in [1.82, 2.24) is 4.40 Å². The Labute approximate surface area is 114 Å². The summed E-state index contributed by atoms with van der Waals surface area (Å²) in [5, 5.41) is 9.15. The van der Waals surface area contributed by atoms with Crippen LogP contribution >= 0.6 is 0 Å². The normalized spacial score (nSPS) is 10.7. The van der Waals surface area contributed by atoms with Gasteiger partial charge in [-0.3, -0.25) is 0 Å². The van der Waals surface area contributed by atoms with E-state index >= 15 is 0 Å². The highest BCUT2D eigenvalue weighted by molar-refractivity contribution is 6.68. The largest absolute Gasteiger partial charge is 0.497 e. The van der Waals surface area contributed by atoms with Crippen molar-refractivity contribution in [2.45, 2.75) is 32.4 Å².